The van der Waals surface area contributed by atoms with Crippen molar-refractivity contribution in [3.8, 4) is 0 Å². The summed E-state index contributed by atoms with van der Waals surface area (Å²) >= 11 is 0. The highest BCUT2D eigenvalue weighted by Gasteiger charge is 2.28. The van der Waals surface area contributed by atoms with Crippen molar-refractivity contribution >= 4 is 0 Å². The van der Waals surface area contributed by atoms with Gasteiger partial charge in [0.25, 0.3) is 0 Å². The zero-order valence-electron chi connectivity index (χ0n) is 8.22. The largest absolute Gasteiger partial charge is 0.326 e. The Bertz CT molecular complexity index is 130. The van der Waals surface area contributed by atoms with Crippen molar-refractivity contribution in [2.24, 2.45) is 5.92 Å². The Hall–Kier alpha value is -0.0800. The van der Waals surface area contributed by atoms with E-state index < -0.39 is 0 Å². The standard InChI is InChI=1S/C9H21N2/c1-8(2)9-7-11(3,4)6-5-10-9/h8-10H,5-7H2,1-4H3/q+1. The first-order chi connectivity index (χ1) is 5.01. The highest BCUT2D eigenvalue weighted by Crippen LogP contribution is 2.11. The highest BCUT2D eigenvalue weighted by atomic mass is 15.3. The van der Waals surface area contributed by atoms with Crippen LogP contribution in [-0.2, 0) is 0 Å². The summed E-state index contributed by atoms with van der Waals surface area (Å²) < 4.78 is 1.18. The molecule has 2 nitrogen and oxygen atoms in total. The maximum Gasteiger partial charge on any atom is 0.0941 e. The minimum absolute atomic E-state index is 0.721. The third-order valence-corrected chi connectivity index (χ3v) is 2.62. The van der Waals surface area contributed by atoms with Crippen molar-refractivity contribution in [1.82, 2.24) is 5.32 Å². The minimum atomic E-state index is 0.721. The molecule has 0 bridgehead atoms. The highest BCUT2D eigenvalue weighted by molar-refractivity contribution is 4.73. The van der Waals surface area contributed by atoms with E-state index >= 15 is 0 Å². The van der Waals surface area contributed by atoms with E-state index in [0.29, 0.717) is 0 Å². The maximum atomic E-state index is 3.56. The molecular formula is C9H21N2+. The van der Waals surface area contributed by atoms with Crippen molar-refractivity contribution in [2.45, 2.75) is 19.9 Å². The molecule has 0 amide bonds. The molecule has 11 heavy (non-hydrogen) atoms. The van der Waals surface area contributed by atoms with Gasteiger partial charge in [-0.25, -0.2) is 0 Å². The molecule has 1 heterocycles. The second kappa shape index (κ2) is 3.11. The fourth-order valence-corrected chi connectivity index (χ4v) is 1.69. The summed E-state index contributed by atoms with van der Waals surface area (Å²) in [6.07, 6.45) is 0. The van der Waals surface area contributed by atoms with Gasteiger partial charge in [-0.05, 0) is 5.92 Å². The lowest BCUT2D eigenvalue weighted by Crippen LogP contribution is -2.59. The van der Waals surface area contributed by atoms with Gasteiger partial charge in [-0.1, -0.05) is 13.8 Å². The number of likely N-dealkylation sites (N-methyl/N-ethyl adjacent to an activating group) is 1. The average Bonchev–Trinajstić information content (AvgIpc) is 1.85. The van der Waals surface area contributed by atoms with Crippen LogP contribution in [0.2, 0.25) is 0 Å². The molecule has 0 radical (unpaired) electrons. The van der Waals surface area contributed by atoms with Crippen molar-refractivity contribution < 1.29 is 4.48 Å². The van der Waals surface area contributed by atoms with Gasteiger partial charge in [0.15, 0.2) is 0 Å². The maximum absolute atomic E-state index is 3.56. The SMILES string of the molecule is CC(C)C1C[N+](C)(C)CCN1. The third kappa shape index (κ3) is 2.46. The first-order valence-corrected chi connectivity index (χ1v) is 4.57. The van der Waals surface area contributed by atoms with Gasteiger partial charge in [-0.15, -0.1) is 0 Å². The normalized spacial score (nSPS) is 30.8. The second-order valence-electron chi connectivity index (χ2n) is 4.65. The molecule has 1 unspecified atom stereocenters. The van der Waals surface area contributed by atoms with Gasteiger partial charge in [-0.3, -0.25) is 0 Å². The fraction of sp³-hybridized carbons (Fsp3) is 1.00. The van der Waals surface area contributed by atoms with Crippen LogP contribution in [0.25, 0.3) is 0 Å². The molecule has 1 fully saturated rings. The second-order valence-corrected chi connectivity index (χ2v) is 4.65. The molecule has 0 aromatic rings. The summed E-state index contributed by atoms with van der Waals surface area (Å²) in [6.45, 7) is 8.31. The van der Waals surface area contributed by atoms with Gasteiger partial charge < -0.3 is 9.80 Å². The van der Waals surface area contributed by atoms with Crippen LogP contribution in [0.1, 0.15) is 13.8 Å². The first kappa shape index (κ1) is 9.01. The molecule has 0 aromatic heterocycles. The summed E-state index contributed by atoms with van der Waals surface area (Å²) in [5, 5.41) is 3.56. The third-order valence-electron chi connectivity index (χ3n) is 2.62. The van der Waals surface area contributed by atoms with E-state index in [-0.39, 0.29) is 0 Å². The lowest BCUT2D eigenvalue weighted by Gasteiger charge is -2.40. The average molecular weight is 157 g/mol. The summed E-state index contributed by atoms with van der Waals surface area (Å²) in [5.41, 5.74) is 0. The number of hydrogen-bond donors (Lipinski definition) is 1. The molecule has 0 aliphatic carbocycles. The Balaban J connectivity index is 2.46. The predicted octanol–water partition coefficient (Wildman–Crippen LogP) is 0.691. The zero-order chi connectivity index (χ0) is 8.48. The van der Waals surface area contributed by atoms with E-state index in [4.69, 9.17) is 0 Å². The zero-order valence-corrected chi connectivity index (χ0v) is 8.22. The van der Waals surface area contributed by atoms with Gasteiger partial charge in [0.05, 0.1) is 33.2 Å². The molecule has 66 valence electrons. The van der Waals surface area contributed by atoms with E-state index in [1.807, 2.05) is 0 Å². The molecule has 1 atom stereocenters. The monoisotopic (exact) mass is 157 g/mol. The number of hydrogen-bond acceptors (Lipinski definition) is 1. The van der Waals surface area contributed by atoms with E-state index in [2.05, 4.69) is 33.3 Å². The Morgan fingerprint density at radius 1 is 1.36 bits per heavy atom. The van der Waals surface area contributed by atoms with Crippen molar-refractivity contribution in [2.75, 3.05) is 33.7 Å². The van der Waals surface area contributed by atoms with E-state index in [1.54, 1.807) is 0 Å². The number of quaternary nitrogens is 1. The van der Waals surface area contributed by atoms with Crippen LogP contribution >= 0.6 is 0 Å². The molecule has 1 aliphatic heterocycles. The molecular weight excluding hydrogens is 136 g/mol. The summed E-state index contributed by atoms with van der Waals surface area (Å²) in [5.74, 6) is 0.771. The molecule has 0 saturated carbocycles. The first-order valence-electron chi connectivity index (χ1n) is 4.57. The van der Waals surface area contributed by atoms with Crippen molar-refractivity contribution in [3.05, 3.63) is 0 Å². The van der Waals surface area contributed by atoms with Crippen LogP contribution in [0.5, 0.6) is 0 Å². The lowest BCUT2D eigenvalue weighted by molar-refractivity contribution is -0.895. The van der Waals surface area contributed by atoms with E-state index in [9.17, 15) is 0 Å². The van der Waals surface area contributed by atoms with Crippen molar-refractivity contribution in [3.63, 3.8) is 0 Å². The molecule has 0 spiro atoms. The lowest BCUT2D eigenvalue weighted by atomic mass is 10.0. The molecule has 2 heteroatoms. The predicted molar refractivity (Wildman–Crippen MR) is 48.5 cm³/mol. The fourth-order valence-electron chi connectivity index (χ4n) is 1.69. The van der Waals surface area contributed by atoms with Crippen LogP contribution in [0.4, 0.5) is 0 Å². The molecule has 1 aliphatic rings. The topological polar surface area (TPSA) is 12.0 Å². The molecule has 1 N–H and O–H groups in total. The minimum Gasteiger partial charge on any atom is -0.326 e. The quantitative estimate of drug-likeness (QED) is 0.552. The van der Waals surface area contributed by atoms with Gasteiger partial charge >= 0.3 is 0 Å². The Labute approximate surface area is 70.2 Å². The van der Waals surface area contributed by atoms with Gasteiger partial charge in [-0.2, -0.15) is 0 Å². The number of nitrogens with zero attached hydrogens (tertiary/aromatic N) is 1. The summed E-state index contributed by atoms with van der Waals surface area (Å²) in [4.78, 5) is 0. The number of piperazine rings is 1. The van der Waals surface area contributed by atoms with Crippen LogP contribution in [0, 0.1) is 5.92 Å². The summed E-state index contributed by atoms with van der Waals surface area (Å²) in [6, 6.07) is 0.721. The Kier molecular flexibility index (Phi) is 2.55. The van der Waals surface area contributed by atoms with Crippen LogP contribution < -0.4 is 5.32 Å². The van der Waals surface area contributed by atoms with E-state index in [0.717, 1.165) is 12.0 Å². The van der Waals surface area contributed by atoms with Crippen LogP contribution in [-0.4, -0.2) is 44.3 Å². The summed E-state index contributed by atoms with van der Waals surface area (Å²) in [7, 11) is 4.63. The van der Waals surface area contributed by atoms with Gasteiger partial charge in [0.1, 0.15) is 0 Å². The van der Waals surface area contributed by atoms with Gasteiger partial charge in [0, 0.05) is 6.54 Å². The number of nitrogens with one attached hydrogen (secondary N) is 1. The smallest absolute Gasteiger partial charge is 0.0941 e. The van der Waals surface area contributed by atoms with E-state index in [1.165, 1.54) is 24.1 Å². The van der Waals surface area contributed by atoms with Gasteiger partial charge in [0.2, 0.25) is 0 Å². The van der Waals surface area contributed by atoms with Crippen LogP contribution in [0.3, 0.4) is 0 Å². The van der Waals surface area contributed by atoms with Crippen LogP contribution in [0.15, 0.2) is 0 Å². The Morgan fingerprint density at radius 2 is 2.00 bits per heavy atom. The molecule has 1 saturated heterocycles. The molecule has 1 rings (SSSR count). The Morgan fingerprint density at radius 3 is 2.36 bits per heavy atom. The van der Waals surface area contributed by atoms with Crippen molar-refractivity contribution in [1.29, 1.82) is 0 Å². The number of rotatable bonds is 1. The molecule has 0 aromatic carbocycles.